The van der Waals surface area contributed by atoms with Crippen LogP contribution in [0.2, 0.25) is 5.02 Å². The van der Waals surface area contributed by atoms with Crippen LogP contribution in [0.1, 0.15) is 12.8 Å². The van der Waals surface area contributed by atoms with E-state index in [1.807, 2.05) is 5.38 Å². The fraction of sp³-hybridized carbons (Fsp3) is 0.357. The Morgan fingerprint density at radius 1 is 1.27 bits per heavy atom. The molecule has 0 saturated carbocycles. The molecule has 5 nitrogen and oxygen atoms in total. The highest BCUT2D eigenvalue weighted by molar-refractivity contribution is 7.89. The number of hydrogen-bond acceptors (Lipinski definition) is 5. The lowest BCUT2D eigenvalue weighted by atomic mass is 10.1. The summed E-state index contributed by atoms with van der Waals surface area (Å²) in [5, 5.41) is 3.18. The number of rotatable bonds is 4. The van der Waals surface area contributed by atoms with Gasteiger partial charge in [-0.3, -0.25) is 0 Å². The number of halogens is 1. The molecule has 0 aliphatic carbocycles. The smallest absolute Gasteiger partial charge is 0.242 e. The van der Waals surface area contributed by atoms with E-state index >= 15 is 0 Å². The van der Waals surface area contributed by atoms with Gasteiger partial charge in [-0.25, -0.2) is 18.1 Å². The van der Waals surface area contributed by atoms with Crippen LogP contribution in [0, 0.1) is 0 Å². The summed E-state index contributed by atoms with van der Waals surface area (Å²) in [5.74, 6) is 0. The molecule has 0 atom stereocenters. The Hall–Kier alpha value is -1.15. The quantitative estimate of drug-likeness (QED) is 0.913. The molecule has 22 heavy (non-hydrogen) atoms. The van der Waals surface area contributed by atoms with Crippen molar-refractivity contribution in [1.29, 1.82) is 0 Å². The zero-order valence-corrected chi connectivity index (χ0v) is 14.2. The Balaban J connectivity index is 1.64. The van der Waals surface area contributed by atoms with E-state index in [1.165, 1.54) is 6.07 Å². The van der Waals surface area contributed by atoms with Crippen molar-refractivity contribution in [2.24, 2.45) is 0 Å². The van der Waals surface area contributed by atoms with Crippen LogP contribution in [-0.2, 0) is 10.0 Å². The zero-order chi connectivity index (χ0) is 15.6. The molecule has 8 heteroatoms. The SMILES string of the molecule is O=S(=O)(NC1CCN(c2nccs2)CC1)c1ccccc1Cl. The van der Waals surface area contributed by atoms with E-state index in [9.17, 15) is 8.42 Å². The monoisotopic (exact) mass is 357 g/mol. The first-order chi connectivity index (χ1) is 10.6. The van der Waals surface area contributed by atoms with Gasteiger partial charge in [0.25, 0.3) is 0 Å². The Morgan fingerprint density at radius 2 is 2.00 bits per heavy atom. The topological polar surface area (TPSA) is 62.3 Å². The summed E-state index contributed by atoms with van der Waals surface area (Å²) in [7, 11) is -3.58. The van der Waals surface area contributed by atoms with Gasteiger partial charge in [-0.1, -0.05) is 23.7 Å². The number of benzene rings is 1. The first kappa shape index (κ1) is 15.7. The van der Waals surface area contributed by atoms with Crippen molar-refractivity contribution >= 4 is 38.1 Å². The van der Waals surface area contributed by atoms with E-state index in [0.29, 0.717) is 0 Å². The summed E-state index contributed by atoms with van der Waals surface area (Å²) in [4.78, 5) is 6.61. The molecule has 2 heterocycles. The third-order valence-electron chi connectivity index (χ3n) is 3.63. The highest BCUT2D eigenvalue weighted by atomic mass is 35.5. The maximum absolute atomic E-state index is 12.4. The van der Waals surface area contributed by atoms with Gasteiger partial charge in [0, 0.05) is 30.7 Å². The lowest BCUT2D eigenvalue weighted by molar-refractivity contribution is 0.460. The molecule has 1 aliphatic rings. The second-order valence-corrected chi connectivity index (χ2v) is 8.09. The van der Waals surface area contributed by atoms with Gasteiger partial charge in [0.1, 0.15) is 4.90 Å². The molecule has 0 radical (unpaired) electrons. The zero-order valence-electron chi connectivity index (χ0n) is 11.8. The van der Waals surface area contributed by atoms with Crippen LogP contribution < -0.4 is 9.62 Å². The van der Waals surface area contributed by atoms with Crippen molar-refractivity contribution in [1.82, 2.24) is 9.71 Å². The average molecular weight is 358 g/mol. The molecular formula is C14H16ClN3O2S2. The molecule has 1 aromatic carbocycles. The minimum atomic E-state index is -3.58. The number of nitrogens with one attached hydrogen (secondary N) is 1. The van der Waals surface area contributed by atoms with Crippen molar-refractivity contribution in [2.75, 3.05) is 18.0 Å². The average Bonchev–Trinajstić information content (AvgIpc) is 3.02. The van der Waals surface area contributed by atoms with Crippen molar-refractivity contribution in [2.45, 2.75) is 23.8 Å². The molecule has 0 bridgehead atoms. The van der Waals surface area contributed by atoms with Crippen LogP contribution in [0.15, 0.2) is 40.7 Å². The third-order valence-corrected chi connectivity index (χ3v) is 6.49. The van der Waals surface area contributed by atoms with E-state index in [4.69, 9.17) is 11.6 Å². The van der Waals surface area contributed by atoms with E-state index < -0.39 is 10.0 Å². The molecule has 0 unspecified atom stereocenters. The van der Waals surface area contributed by atoms with Gasteiger partial charge >= 0.3 is 0 Å². The Morgan fingerprint density at radius 3 is 2.64 bits per heavy atom. The Labute approximate surface area is 139 Å². The van der Waals surface area contributed by atoms with Crippen molar-refractivity contribution in [3.05, 3.63) is 40.9 Å². The van der Waals surface area contributed by atoms with Gasteiger partial charge < -0.3 is 4.90 Å². The first-order valence-electron chi connectivity index (χ1n) is 6.97. The van der Waals surface area contributed by atoms with Gasteiger partial charge in [0.05, 0.1) is 5.02 Å². The summed E-state index contributed by atoms with van der Waals surface area (Å²) in [6, 6.07) is 6.42. The predicted octanol–water partition coefficient (Wildman–Crippen LogP) is 2.74. The fourth-order valence-corrected chi connectivity index (χ4v) is 5.03. The normalized spacial score (nSPS) is 16.9. The number of aromatic nitrogens is 1. The van der Waals surface area contributed by atoms with Crippen LogP contribution in [0.4, 0.5) is 5.13 Å². The summed E-state index contributed by atoms with van der Waals surface area (Å²) in [6.45, 7) is 1.59. The minimum Gasteiger partial charge on any atom is -0.348 e. The van der Waals surface area contributed by atoms with Gasteiger partial charge in [-0.2, -0.15) is 0 Å². The van der Waals surface area contributed by atoms with E-state index in [-0.39, 0.29) is 16.0 Å². The van der Waals surface area contributed by atoms with Crippen molar-refractivity contribution in [3.8, 4) is 0 Å². The van der Waals surface area contributed by atoms with Crippen LogP contribution >= 0.6 is 22.9 Å². The van der Waals surface area contributed by atoms with Crippen LogP contribution in [-0.4, -0.2) is 32.5 Å². The predicted molar refractivity (Wildman–Crippen MR) is 89.1 cm³/mol. The van der Waals surface area contributed by atoms with Crippen molar-refractivity contribution < 1.29 is 8.42 Å². The molecule has 1 saturated heterocycles. The van der Waals surface area contributed by atoms with Gasteiger partial charge in [0.2, 0.25) is 10.0 Å². The standard InChI is InChI=1S/C14H16ClN3O2S2/c15-12-3-1-2-4-13(12)22(19,20)17-11-5-8-18(9-6-11)14-16-7-10-21-14/h1-4,7,10-11,17H,5-6,8-9H2. The number of nitrogens with zero attached hydrogens (tertiary/aromatic N) is 2. The lowest BCUT2D eigenvalue weighted by Crippen LogP contribution is -2.44. The summed E-state index contributed by atoms with van der Waals surface area (Å²) in [5.41, 5.74) is 0. The molecule has 3 rings (SSSR count). The number of sulfonamides is 1. The molecule has 0 spiro atoms. The first-order valence-corrected chi connectivity index (χ1v) is 9.71. The number of hydrogen-bond donors (Lipinski definition) is 1. The molecule has 1 N–H and O–H groups in total. The summed E-state index contributed by atoms with van der Waals surface area (Å²) in [6.07, 6.45) is 3.29. The number of thiazole rings is 1. The Bertz CT molecular complexity index is 726. The lowest BCUT2D eigenvalue weighted by Gasteiger charge is -2.32. The maximum Gasteiger partial charge on any atom is 0.242 e. The van der Waals surface area contributed by atoms with Crippen LogP contribution in [0.3, 0.4) is 0 Å². The van der Waals surface area contributed by atoms with Crippen LogP contribution in [0.5, 0.6) is 0 Å². The van der Waals surface area contributed by atoms with Gasteiger partial charge in [-0.05, 0) is 25.0 Å². The molecule has 1 aliphatic heterocycles. The van der Waals surface area contributed by atoms with Crippen LogP contribution in [0.25, 0.3) is 0 Å². The number of anilines is 1. The highest BCUT2D eigenvalue weighted by Gasteiger charge is 2.26. The summed E-state index contributed by atoms with van der Waals surface area (Å²) < 4.78 is 27.6. The second kappa shape index (κ2) is 6.54. The summed E-state index contributed by atoms with van der Waals surface area (Å²) >= 11 is 7.58. The largest absolute Gasteiger partial charge is 0.348 e. The van der Waals surface area contributed by atoms with Crippen molar-refractivity contribution in [3.63, 3.8) is 0 Å². The van der Waals surface area contributed by atoms with E-state index in [0.717, 1.165) is 31.1 Å². The Kier molecular flexibility index (Phi) is 4.67. The molecule has 1 fully saturated rings. The third kappa shape index (κ3) is 3.43. The second-order valence-electron chi connectivity index (χ2n) is 5.13. The van der Waals surface area contributed by atoms with E-state index in [2.05, 4.69) is 14.6 Å². The molecule has 1 aromatic heterocycles. The number of piperidine rings is 1. The minimum absolute atomic E-state index is 0.0718. The maximum atomic E-state index is 12.4. The fourth-order valence-electron chi connectivity index (χ4n) is 2.51. The van der Waals surface area contributed by atoms with Gasteiger partial charge in [0.15, 0.2) is 5.13 Å². The van der Waals surface area contributed by atoms with Gasteiger partial charge in [-0.15, -0.1) is 11.3 Å². The highest BCUT2D eigenvalue weighted by Crippen LogP contribution is 2.24. The molecule has 2 aromatic rings. The molecule has 0 amide bonds. The van der Waals surface area contributed by atoms with E-state index in [1.54, 1.807) is 35.7 Å². The molecular weight excluding hydrogens is 342 g/mol. The molecule has 118 valence electrons.